The molecule has 0 radical (unpaired) electrons. The molecule has 0 bridgehead atoms. The third kappa shape index (κ3) is 5.96. The van der Waals surface area contributed by atoms with Crippen LogP contribution in [0.1, 0.15) is 39.5 Å². The standard InChI is InChI=1S/C10H18O2/c1-3-5-6-7-10(8-11)9-12-4-2/h8-9H,3-7H2,1-2H3/b10-9+. The van der Waals surface area contributed by atoms with E-state index in [1.165, 1.54) is 12.8 Å². The first-order chi connectivity index (χ1) is 5.85. The number of hydrogen-bond acceptors (Lipinski definition) is 2. The smallest absolute Gasteiger partial charge is 0.149 e. The van der Waals surface area contributed by atoms with Crippen molar-refractivity contribution >= 4 is 6.29 Å². The van der Waals surface area contributed by atoms with Gasteiger partial charge in [-0.25, -0.2) is 0 Å². The first-order valence-electron chi connectivity index (χ1n) is 4.61. The zero-order valence-corrected chi connectivity index (χ0v) is 8.01. The Morgan fingerprint density at radius 2 is 2.08 bits per heavy atom. The van der Waals surface area contributed by atoms with E-state index in [0.29, 0.717) is 6.61 Å². The minimum absolute atomic E-state index is 0.630. The molecule has 70 valence electrons. The van der Waals surface area contributed by atoms with Crippen molar-refractivity contribution in [1.82, 2.24) is 0 Å². The van der Waals surface area contributed by atoms with Gasteiger partial charge in [0.05, 0.1) is 12.9 Å². The number of rotatable bonds is 7. The molecule has 0 amide bonds. The second-order valence-electron chi connectivity index (χ2n) is 2.72. The van der Waals surface area contributed by atoms with Crippen LogP contribution in [0.4, 0.5) is 0 Å². The summed E-state index contributed by atoms with van der Waals surface area (Å²) in [6.45, 7) is 4.68. The number of ether oxygens (including phenoxy) is 1. The molecule has 2 heteroatoms. The van der Waals surface area contributed by atoms with Gasteiger partial charge in [0, 0.05) is 5.57 Å². The lowest BCUT2D eigenvalue weighted by Gasteiger charge is -1.99. The summed E-state index contributed by atoms with van der Waals surface area (Å²) in [5, 5.41) is 0. The van der Waals surface area contributed by atoms with Crippen LogP contribution >= 0.6 is 0 Å². The molecule has 2 nitrogen and oxygen atoms in total. The molecule has 0 atom stereocenters. The van der Waals surface area contributed by atoms with Crippen molar-refractivity contribution in [2.24, 2.45) is 0 Å². The Morgan fingerprint density at radius 1 is 1.33 bits per heavy atom. The van der Waals surface area contributed by atoms with Crippen LogP contribution in [0.25, 0.3) is 0 Å². The molecule has 0 N–H and O–H groups in total. The van der Waals surface area contributed by atoms with Gasteiger partial charge in [-0.3, -0.25) is 4.79 Å². The van der Waals surface area contributed by atoms with Gasteiger partial charge in [0.15, 0.2) is 0 Å². The Balaban J connectivity index is 3.59. The number of aldehydes is 1. The number of hydrogen-bond donors (Lipinski definition) is 0. The van der Waals surface area contributed by atoms with Crippen molar-refractivity contribution in [2.75, 3.05) is 6.61 Å². The van der Waals surface area contributed by atoms with Gasteiger partial charge in [-0.2, -0.15) is 0 Å². The lowest BCUT2D eigenvalue weighted by atomic mass is 10.1. The quantitative estimate of drug-likeness (QED) is 0.254. The lowest BCUT2D eigenvalue weighted by molar-refractivity contribution is -0.105. The fourth-order valence-corrected chi connectivity index (χ4v) is 0.915. The zero-order chi connectivity index (χ0) is 9.23. The summed E-state index contributed by atoms with van der Waals surface area (Å²) in [5.74, 6) is 0. The van der Waals surface area contributed by atoms with Crippen LogP contribution in [0.15, 0.2) is 11.8 Å². The molecule has 0 spiro atoms. The Labute approximate surface area is 74.6 Å². The van der Waals surface area contributed by atoms with Crippen molar-refractivity contribution < 1.29 is 9.53 Å². The molecular weight excluding hydrogens is 152 g/mol. The van der Waals surface area contributed by atoms with Crippen LogP contribution in [-0.2, 0) is 9.53 Å². The van der Waals surface area contributed by atoms with Crippen molar-refractivity contribution in [3.05, 3.63) is 11.8 Å². The van der Waals surface area contributed by atoms with Gasteiger partial charge in [0.2, 0.25) is 0 Å². The van der Waals surface area contributed by atoms with E-state index < -0.39 is 0 Å². The maximum Gasteiger partial charge on any atom is 0.149 e. The van der Waals surface area contributed by atoms with Gasteiger partial charge in [0.25, 0.3) is 0 Å². The molecule has 0 aromatic heterocycles. The first-order valence-corrected chi connectivity index (χ1v) is 4.61. The summed E-state index contributed by atoms with van der Waals surface area (Å²) in [4.78, 5) is 10.5. The SMILES string of the molecule is CCCCC/C(C=O)=C\OCC. The third-order valence-electron chi connectivity index (χ3n) is 1.62. The molecule has 0 aromatic rings. The number of unbranched alkanes of at least 4 members (excludes halogenated alkanes) is 2. The predicted octanol–water partition coefficient (Wildman–Crippen LogP) is 2.69. The minimum Gasteiger partial charge on any atom is -0.501 e. The van der Waals surface area contributed by atoms with Gasteiger partial charge in [-0.1, -0.05) is 19.8 Å². The number of carbonyl (C=O) groups excluding carboxylic acids is 1. The van der Waals surface area contributed by atoms with Crippen molar-refractivity contribution in [3.8, 4) is 0 Å². The molecule has 0 aliphatic heterocycles. The zero-order valence-electron chi connectivity index (χ0n) is 8.01. The van der Waals surface area contributed by atoms with E-state index in [-0.39, 0.29) is 0 Å². The molecule has 0 saturated carbocycles. The van der Waals surface area contributed by atoms with Crippen molar-refractivity contribution in [2.45, 2.75) is 39.5 Å². The normalized spacial score (nSPS) is 11.3. The van der Waals surface area contributed by atoms with E-state index in [9.17, 15) is 4.79 Å². The number of allylic oxidation sites excluding steroid dienone is 1. The molecule has 0 heterocycles. The van der Waals surface area contributed by atoms with Gasteiger partial charge in [-0.05, 0) is 19.8 Å². The largest absolute Gasteiger partial charge is 0.501 e. The molecule has 0 rings (SSSR count). The van der Waals surface area contributed by atoms with Gasteiger partial charge < -0.3 is 4.74 Å². The molecule has 0 fully saturated rings. The minimum atomic E-state index is 0.630. The highest BCUT2D eigenvalue weighted by Gasteiger charge is 1.94. The van der Waals surface area contributed by atoms with Crippen LogP contribution in [0.5, 0.6) is 0 Å². The summed E-state index contributed by atoms with van der Waals surface area (Å²) in [6.07, 6.45) is 6.73. The fourth-order valence-electron chi connectivity index (χ4n) is 0.915. The highest BCUT2D eigenvalue weighted by atomic mass is 16.5. The molecule has 0 aliphatic rings. The van der Waals surface area contributed by atoms with E-state index in [1.807, 2.05) is 6.92 Å². The van der Waals surface area contributed by atoms with Crippen LogP contribution in [-0.4, -0.2) is 12.9 Å². The first kappa shape index (κ1) is 11.2. The van der Waals surface area contributed by atoms with Crippen LogP contribution in [0, 0.1) is 0 Å². The molecular formula is C10H18O2. The van der Waals surface area contributed by atoms with Gasteiger partial charge >= 0.3 is 0 Å². The Morgan fingerprint density at radius 3 is 2.58 bits per heavy atom. The summed E-state index contributed by atoms with van der Waals surface area (Å²) in [5.41, 5.74) is 0.769. The maximum atomic E-state index is 10.5. The van der Waals surface area contributed by atoms with Gasteiger partial charge in [-0.15, -0.1) is 0 Å². The van der Waals surface area contributed by atoms with Crippen molar-refractivity contribution in [1.29, 1.82) is 0 Å². The topological polar surface area (TPSA) is 26.3 Å². The Hall–Kier alpha value is -0.790. The second-order valence-corrected chi connectivity index (χ2v) is 2.72. The summed E-state index contributed by atoms with van der Waals surface area (Å²) in [7, 11) is 0. The highest BCUT2D eigenvalue weighted by molar-refractivity contribution is 5.72. The maximum absolute atomic E-state index is 10.5. The molecule has 0 saturated heterocycles. The Bertz CT molecular complexity index is 139. The highest BCUT2D eigenvalue weighted by Crippen LogP contribution is 2.06. The van der Waals surface area contributed by atoms with Crippen molar-refractivity contribution in [3.63, 3.8) is 0 Å². The van der Waals surface area contributed by atoms with E-state index >= 15 is 0 Å². The van der Waals surface area contributed by atoms with E-state index in [2.05, 4.69) is 6.92 Å². The third-order valence-corrected chi connectivity index (χ3v) is 1.62. The molecule has 0 aliphatic carbocycles. The van der Waals surface area contributed by atoms with E-state index in [4.69, 9.17) is 4.74 Å². The average Bonchev–Trinajstić information content (AvgIpc) is 2.11. The van der Waals surface area contributed by atoms with E-state index in [0.717, 1.165) is 24.7 Å². The number of carbonyl (C=O) groups is 1. The molecule has 0 aromatic carbocycles. The van der Waals surface area contributed by atoms with Gasteiger partial charge in [0.1, 0.15) is 6.29 Å². The van der Waals surface area contributed by atoms with Crippen LogP contribution < -0.4 is 0 Å². The summed E-state index contributed by atoms with van der Waals surface area (Å²) >= 11 is 0. The summed E-state index contributed by atoms with van der Waals surface area (Å²) in [6, 6.07) is 0. The summed E-state index contributed by atoms with van der Waals surface area (Å²) < 4.78 is 5.02. The van der Waals surface area contributed by atoms with Crippen LogP contribution in [0.2, 0.25) is 0 Å². The molecule has 0 unspecified atom stereocenters. The monoisotopic (exact) mass is 170 g/mol. The second kappa shape index (κ2) is 8.31. The average molecular weight is 170 g/mol. The van der Waals surface area contributed by atoms with E-state index in [1.54, 1.807) is 6.26 Å². The lowest BCUT2D eigenvalue weighted by Crippen LogP contribution is -1.88. The fraction of sp³-hybridized carbons (Fsp3) is 0.700. The van der Waals surface area contributed by atoms with Crippen LogP contribution in [0.3, 0.4) is 0 Å². The Kier molecular flexibility index (Phi) is 7.76. The predicted molar refractivity (Wildman–Crippen MR) is 49.9 cm³/mol. The molecule has 12 heavy (non-hydrogen) atoms.